The molecule has 0 spiro atoms. The number of aromatic nitrogens is 3. The van der Waals surface area contributed by atoms with Crippen LogP contribution in [0.4, 0.5) is 0 Å². The summed E-state index contributed by atoms with van der Waals surface area (Å²) in [5.41, 5.74) is 10.2. The Labute approximate surface area is 355 Å². The molecule has 0 N–H and O–H groups in total. The summed E-state index contributed by atoms with van der Waals surface area (Å²) in [5.74, 6) is 1.74. The van der Waals surface area contributed by atoms with Crippen molar-refractivity contribution >= 4 is 76.2 Å². The quantitative estimate of drug-likeness (QED) is 0.162. The third kappa shape index (κ3) is 5.32. The molecule has 3 aromatic heterocycles. The van der Waals surface area contributed by atoms with Gasteiger partial charge in [0.2, 0.25) is 0 Å². The van der Waals surface area contributed by atoms with Crippen molar-refractivity contribution in [2.45, 2.75) is 0 Å². The Hall–Kier alpha value is -8.41. The number of rotatable bonds is 5. The molecule has 288 valence electrons. The second kappa shape index (κ2) is 13.6. The molecule has 0 aliphatic heterocycles. The third-order valence-electron chi connectivity index (χ3n) is 12.3. The molecule has 10 aromatic carbocycles. The molecule has 13 aromatic rings. The smallest absolute Gasteiger partial charge is 0.164 e. The van der Waals surface area contributed by atoms with Gasteiger partial charge >= 0.3 is 0 Å². The molecule has 13 rings (SSSR count). The lowest BCUT2D eigenvalue weighted by molar-refractivity contribution is 0.668. The topological polar surface area (TPSA) is 65.0 Å². The zero-order chi connectivity index (χ0) is 40.7. The van der Waals surface area contributed by atoms with Crippen LogP contribution in [0, 0.1) is 0 Å². The van der Waals surface area contributed by atoms with Gasteiger partial charge in [-0.3, -0.25) is 0 Å². The van der Waals surface area contributed by atoms with E-state index in [4.69, 9.17) is 23.8 Å². The largest absolute Gasteiger partial charge is 0.456 e. The standard InChI is InChI=1S/C57H33N3O2/c1-2-14-34(15-3-1)35-16-10-17-36(32-35)55-58-56(37-30-31-42-40-20-5-4-18-38(40)39-19-6-7-21-41(39)47(42)33-37)60-57(59-55)46-25-13-29-51-54(46)53-44(24-12-28-50(53)62-51)43-23-11-27-49-52(43)45-22-8-9-26-48(45)61-49/h1-33H. The molecule has 3 heterocycles. The third-order valence-corrected chi connectivity index (χ3v) is 12.3. The van der Waals surface area contributed by atoms with Crippen molar-refractivity contribution in [3.8, 4) is 56.4 Å². The molecule has 0 bridgehead atoms. The fraction of sp³-hybridized carbons (Fsp3) is 0. The van der Waals surface area contributed by atoms with E-state index in [1.54, 1.807) is 0 Å². The van der Waals surface area contributed by atoms with Crippen molar-refractivity contribution in [1.82, 2.24) is 15.0 Å². The maximum atomic E-state index is 6.68. The van der Waals surface area contributed by atoms with Gasteiger partial charge in [0.15, 0.2) is 17.5 Å². The highest BCUT2D eigenvalue weighted by Gasteiger charge is 2.22. The normalized spacial score (nSPS) is 11.9. The molecule has 0 fully saturated rings. The van der Waals surface area contributed by atoms with Gasteiger partial charge in [0.1, 0.15) is 22.3 Å². The molecule has 0 aliphatic carbocycles. The zero-order valence-corrected chi connectivity index (χ0v) is 33.2. The Balaban J connectivity index is 1.08. The Kier molecular flexibility index (Phi) is 7.54. The highest BCUT2D eigenvalue weighted by atomic mass is 16.3. The van der Waals surface area contributed by atoms with Crippen molar-refractivity contribution < 1.29 is 8.83 Å². The second-order valence-electron chi connectivity index (χ2n) is 15.8. The Morgan fingerprint density at radius 2 is 0.677 bits per heavy atom. The van der Waals surface area contributed by atoms with Crippen LogP contribution in [0.25, 0.3) is 133 Å². The van der Waals surface area contributed by atoms with Gasteiger partial charge in [-0.2, -0.15) is 0 Å². The van der Waals surface area contributed by atoms with E-state index in [9.17, 15) is 0 Å². The fourth-order valence-electron chi connectivity index (χ4n) is 9.55. The van der Waals surface area contributed by atoms with E-state index in [-0.39, 0.29) is 0 Å². The first-order valence-corrected chi connectivity index (χ1v) is 20.8. The average Bonchev–Trinajstić information content (AvgIpc) is 3.93. The van der Waals surface area contributed by atoms with E-state index in [0.29, 0.717) is 17.5 Å². The number of nitrogens with zero attached hydrogens (tertiary/aromatic N) is 3. The van der Waals surface area contributed by atoms with E-state index >= 15 is 0 Å². The van der Waals surface area contributed by atoms with Gasteiger partial charge in [0.25, 0.3) is 0 Å². The highest BCUT2D eigenvalue weighted by Crippen LogP contribution is 2.45. The van der Waals surface area contributed by atoms with Crippen LogP contribution in [0.15, 0.2) is 209 Å². The van der Waals surface area contributed by atoms with Crippen molar-refractivity contribution in [2.24, 2.45) is 0 Å². The van der Waals surface area contributed by atoms with Gasteiger partial charge in [-0.1, -0.05) is 164 Å². The van der Waals surface area contributed by atoms with E-state index in [1.165, 1.54) is 26.9 Å². The second-order valence-corrected chi connectivity index (χ2v) is 15.8. The first-order chi connectivity index (χ1) is 30.7. The van der Waals surface area contributed by atoms with Gasteiger partial charge in [-0.25, -0.2) is 15.0 Å². The molecular weight excluding hydrogens is 759 g/mol. The summed E-state index contributed by atoms with van der Waals surface area (Å²) in [4.78, 5) is 16.0. The van der Waals surface area contributed by atoms with Gasteiger partial charge in [0, 0.05) is 38.2 Å². The Morgan fingerprint density at radius 3 is 1.37 bits per heavy atom. The van der Waals surface area contributed by atoms with Crippen LogP contribution in [0.5, 0.6) is 0 Å². The number of fused-ring (bicyclic) bond motifs is 12. The van der Waals surface area contributed by atoms with E-state index in [2.05, 4.69) is 158 Å². The molecule has 0 unspecified atom stereocenters. The van der Waals surface area contributed by atoms with Gasteiger partial charge in [-0.15, -0.1) is 0 Å². The lowest BCUT2D eigenvalue weighted by atomic mass is 9.93. The van der Waals surface area contributed by atoms with Crippen LogP contribution in [0.1, 0.15) is 0 Å². The maximum absolute atomic E-state index is 6.68. The number of furan rings is 2. The number of hydrogen-bond donors (Lipinski definition) is 0. The lowest BCUT2D eigenvalue weighted by Crippen LogP contribution is -2.01. The molecule has 0 aliphatic rings. The van der Waals surface area contributed by atoms with E-state index in [0.717, 1.165) is 88.2 Å². The SMILES string of the molecule is c1ccc(-c2cccc(-c3nc(-c4ccc5c6ccccc6c6ccccc6c5c4)nc(-c4cccc5oc6cccc(-c7cccc8oc9ccccc9c78)c6c45)n3)c2)cc1. The molecule has 62 heavy (non-hydrogen) atoms. The lowest BCUT2D eigenvalue weighted by Gasteiger charge is -2.13. The minimum Gasteiger partial charge on any atom is -0.456 e. The van der Waals surface area contributed by atoms with Crippen molar-refractivity contribution in [3.05, 3.63) is 200 Å². The molecule has 0 saturated heterocycles. The number of para-hydroxylation sites is 1. The minimum absolute atomic E-state index is 0.564. The summed E-state index contributed by atoms with van der Waals surface area (Å²) in [6, 6.07) is 69.7. The Bertz CT molecular complexity index is 3900. The molecule has 0 saturated carbocycles. The maximum Gasteiger partial charge on any atom is 0.164 e. The number of hydrogen-bond acceptors (Lipinski definition) is 5. The summed E-state index contributed by atoms with van der Waals surface area (Å²) in [5, 5.41) is 11.3. The van der Waals surface area contributed by atoms with Gasteiger partial charge in [-0.05, 0) is 91.0 Å². The molecule has 5 heteroatoms. The van der Waals surface area contributed by atoms with Crippen LogP contribution in [0.3, 0.4) is 0 Å². The van der Waals surface area contributed by atoms with E-state index in [1.807, 2.05) is 42.5 Å². The van der Waals surface area contributed by atoms with Crippen LogP contribution in [0.2, 0.25) is 0 Å². The summed E-state index contributed by atoms with van der Waals surface area (Å²) in [6.07, 6.45) is 0. The first-order valence-electron chi connectivity index (χ1n) is 20.8. The van der Waals surface area contributed by atoms with Crippen molar-refractivity contribution in [1.29, 1.82) is 0 Å². The van der Waals surface area contributed by atoms with Crippen LogP contribution < -0.4 is 0 Å². The molecule has 5 nitrogen and oxygen atoms in total. The molecule has 0 radical (unpaired) electrons. The van der Waals surface area contributed by atoms with Crippen LogP contribution >= 0.6 is 0 Å². The van der Waals surface area contributed by atoms with Gasteiger partial charge < -0.3 is 8.83 Å². The first kappa shape index (κ1) is 34.5. The molecular formula is C57H33N3O2. The van der Waals surface area contributed by atoms with Gasteiger partial charge in [0.05, 0.1) is 0 Å². The monoisotopic (exact) mass is 791 g/mol. The van der Waals surface area contributed by atoms with E-state index < -0.39 is 0 Å². The highest BCUT2D eigenvalue weighted by molar-refractivity contribution is 6.26. The summed E-state index contributed by atoms with van der Waals surface area (Å²) in [6.45, 7) is 0. The van der Waals surface area contributed by atoms with Crippen molar-refractivity contribution in [3.63, 3.8) is 0 Å². The fourth-order valence-corrected chi connectivity index (χ4v) is 9.55. The van der Waals surface area contributed by atoms with Crippen LogP contribution in [-0.2, 0) is 0 Å². The Morgan fingerprint density at radius 1 is 0.242 bits per heavy atom. The molecule has 0 atom stereocenters. The summed E-state index contributed by atoms with van der Waals surface area (Å²) < 4.78 is 13.0. The summed E-state index contributed by atoms with van der Waals surface area (Å²) >= 11 is 0. The molecule has 0 amide bonds. The zero-order valence-electron chi connectivity index (χ0n) is 33.2. The number of benzene rings is 10. The predicted octanol–water partition coefficient (Wildman–Crippen LogP) is 15.5. The average molecular weight is 792 g/mol. The summed E-state index contributed by atoms with van der Waals surface area (Å²) in [7, 11) is 0. The predicted molar refractivity (Wildman–Crippen MR) is 254 cm³/mol. The van der Waals surface area contributed by atoms with Crippen molar-refractivity contribution in [2.75, 3.05) is 0 Å². The van der Waals surface area contributed by atoms with Crippen LogP contribution in [-0.4, -0.2) is 15.0 Å². The minimum atomic E-state index is 0.564.